The summed E-state index contributed by atoms with van der Waals surface area (Å²) in [6, 6.07) is 1.95. The lowest BCUT2D eigenvalue weighted by molar-refractivity contribution is 0.620. The highest BCUT2D eigenvalue weighted by molar-refractivity contribution is 7.09. The van der Waals surface area contributed by atoms with E-state index in [2.05, 4.69) is 10.1 Å². The molecule has 0 saturated carbocycles. The zero-order chi connectivity index (χ0) is 9.97. The van der Waals surface area contributed by atoms with Gasteiger partial charge in [0.15, 0.2) is 0 Å². The maximum atomic E-state index is 6.05. The van der Waals surface area contributed by atoms with E-state index >= 15 is 0 Å². The van der Waals surface area contributed by atoms with Gasteiger partial charge in [0.25, 0.3) is 0 Å². The lowest BCUT2D eigenvalue weighted by Crippen LogP contribution is -2.16. The first kappa shape index (κ1) is 9.36. The van der Waals surface area contributed by atoms with E-state index in [4.69, 9.17) is 5.73 Å². The quantitative estimate of drug-likeness (QED) is 0.822. The molecule has 0 saturated heterocycles. The van der Waals surface area contributed by atoms with Crippen LogP contribution in [0.1, 0.15) is 16.6 Å². The number of hydrogen-bond donors (Lipinski definition) is 1. The number of hydrogen-bond acceptors (Lipinski definition) is 4. The van der Waals surface area contributed by atoms with E-state index in [-0.39, 0.29) is 6.04 Å². The molecule has 2 rings (SSSR count). The van der Waals surface area contributed by atoms with Crippen LogP contribution in [0, 0.1) is 0 Å². The summed E-state index contributed by atoms with van der Waals surface area (Å²) >= 11 is 1.63. The van der Waals surface area contributed by atoms with Crippen LogP contribution in [-0.4, -0.2) is 14.8 Å². The second kappa shape index (κ2) is 3.89. The lowest BCUT2D eigenvalue weighted by atomic mass is 10.1. The summed E-state index contributed by atoms with van der Waals surface area (Å²) in [6.45, 7) is 0. The molecule has 2 aromatic heterocycles. The molecule has 0 aliphatic carbocycles. The summed E-state index contributed by atoms with van der Waals surface area (Å²) in [7, 11) is 1.90. The molecule has 74 valence electrons. The molecule has 5 heteroatoms. The summed E-state index contributed by atoms with van der Waals surface area (Å²) in [5.41, 5.74) is 8.93. The molecule has 2 aromatic rings. The lowest BCUT2D eigenvalue weighted by Gasteiger charge is -2.09. The molecule has 0 radical (unpaired) electrons. The van der Waals surface area contributed by atoms with Crippen molar-refractivity contribution in [3.63, 3.8) is 0 Å². The van der Waals surface area contributed by atoms with Crippen molar-refractivity contribution in [1.82, 2.24) is 14.8 Å². The normalized spacial score (nSPS) is 13.0. The average Bonchev–Trinajstić information content (AvgIpc) is 2.75. The molecule has 0 aliphatic heterocycles. The predicted molar refractivity (Wildman–Crippen MR) is 56.0 cm³/mol. The Bertz CT molecular complexity index is 393. The molecule has 0 aliphatic rings. The number of nitrogens with zero attached hydrogens (tertiary/aromatic N) is 3. The molecule has 0 spiro atoms. The molecule has 0 fully saturated rings. The molecule has 2 heterocycles. The molecule has 2 N–H and O–H groups in total. The van der Waals surface area contributed by atoms with Crippen LogP contribution in [0.2, 0.25) is 0 Å². The second-order valence-electron chi connectivity index (χ2n) is 3.16. The maximum Gasteiger partial charge on any atom is 0.0794 e. The van der Waals surface area contributed by atoms with Crippen molar-refractivity contribution in [3.05, 3.63) is 34.5 Å². The molecule has 1 atom stereocenters. The first-order valence-electron chi connectivity index (χ1n) is 4.38. The summed E-state index contributed by atoms with van der Waals surface area (Å²) < 4.78 is 1.81. The van der Waals surface area contributed by atoms with Crippen LogP contribution >= 0.6 is 11.3 Å². The monoisotopic (exact) mass is 208 g/mol. The van der Waals surface area contributed by atoms with Gasteiger partial charge in [-0.1, -0.05) is 0 Å². The van der Waals surface area contributed by atoms with E-state index in [0.717, 1.165) is 12.1 Å². The fraction of sp³-hybridized carbons (Fsp3) is 0.333. The van der Waals surface area contributed by atoms with Gasteiger partial charge >= 0.3 is 0 Å². The largest absolute Gasteiger partial charge is 0.322 e. The molecule has 1 unspecified atom stereocenters. The summed E-state index contributed by atoms with van der Waals surface area (Å²) in [4.78, 5) is 5.23. The van der Waals surface area contributed by atoms with Crippen LogP contribution < -0.4 is 5.73 Å². The van der Waals surface area contributed by atoms with E-state index in [1.165, 1.54) is 4.88 Å². The minimum atomic E-state index is 0.00273. The second-order valence-corrected chi connectivity index (χ2v) is 4.13. The Morgan fingerprint density at radius 3 is 3.07 bits per heavy atom. The number of rotatable bonds is 3. The Morgan fingerprint density at radius 1 is 1.64 bits per heavy atom. The van der Waals surface area contributed by atoms with Crippen molar-refractivity contribution in [3.8, 4) is 0 Å². The first-order chi connectivity index (χ1) is 6.77. The van der Waals surface area contributed by atoms with Gasteiger partial charge in [0.05, 0.1) is 17.2 Å². The zero-order valence-electron chi connectivity index (χ0n) is 7.92. The number of nitrogens with two attached hydrogens (primary N) is 1. The standard InChI is InChI=1S/C9H12N4S/c1-13-9(2-3-12-13)8(10)4-7-5-11-6-14-7/h2-3,5-6,8H,4,10H2,1H3. The fourth-order valence-electron chi connectivity index (χ4n) is 1.41. The van der Waals surface area contributed by atoms with E-state index in [0.29, 0.717) is 0 Å². The number of aromatic nitrogens is 3. The number of aryl methyl sites for hydroxylation is 1. The van der Waals surface area contributed by atoms with E-state index < -0.39 is 0 Å². The Labute approximate surface area is 86.4 Å². The Morgan fingerprint density at radius 2 is 2.50 bits per heavy atom. The summed E-state index contributed by atoms with van der Waals surface area (Å²) in [6.07, 6.45) is 4.45. The van der Waals surface area contributed by atoms with Crippen LogP contribution in [0.5, 0.6) is 0 Å². The van der Waals surface area contributed by atoms with E-state index in [9.17, 15) is 0 Å². The highest BCUT2D eigenvalue weighted by Gasteiger charge is 2.11. The van der Waals surface area contributed by atoms with Gasteiger partial charge in [0, 0.05) is 30.7 Å². The van der Waals surface area contributed by atoms with Gasteiger partial charge in [-0.15, -0.1) is 11.3 Å². The van der Waals surface area contributed by atoms with Crippen molar-refractivity contribution in [2.45, 2.75) is 12.5 Å². The SMILES string of the molecule is Cn1nccc1C(N)Cc1cncs1. The summed E-state index contributed by atoms with van der Waals surface area (Å²) in [5, 5.41) is 4.09. The summed E-state index contributed by atoms with van der Waals surface area (Å²) in [5.74, 6) is 0. The average molecular weight is 208 g/mol. The third kappa shape index (κ3) is 1.83. The van der Waals surface area contributed by atoms with Gasteiger partial charge in [-0.25, -0.2) is 0 Å². The van der Waals surface area contributed by atoms with Crippen molar-refractivity contribution in [2.75, 3.05) is 0 Å². The maximum absolute atomic E-state index is 6.05. The third-order valence-electron chi connectivity index (χ3n) is 2.14. The van der Waals surface area contributed by atoms with E-state index in [1.54, 1.807) is 17.5 Å². The third-order valence-corrected chi connectivity index (χ3v) is 2.95. The zero-order valence-corrected chi connectivity index (χ0v) is 8.74. The molecular weight excluding hydrogens is 196 g/mol. The van der Waals surface area contributed by atoms with Gasteiger partial charge in [-0.3, -0.25) is 9.67 Å². The minimum absolute atomic E-state index is 0.00273. The predicted octanol–water partition coefficient (Wildman–Crippen LogP) is 1.12. The molecule has 0 bridgehead atoms. The fourth-order valence-corrected chi connectivity index (χ4v) is 2.07. The van der Waals surface area contributed by atoms with Crippen molar-refractivity contribution in [2.24, 2.45) is 12.8 Å². The number of thiazole rings is 1. The highest BCUT2D eigenvalue weighted by atomic mass is 32.1. The Hall–Kier alpha value is -1.20. The smallest absolute Gasteiger partial charge is 0.0794 e. The van der Waals surface area contributed by atoms with Crippen molar-refractivity contribution < 1.29 is 0 Å². The molecule has 14 heavy (non-hydrogen) atoms. The minimum Gasteiger partial charge on any atom is -0.322 e. The highest BCUT2D eigenvalue weighted by Crippen LogP contribution is 2.17. The van der Waals surface area contributed by atoms with Crippen LogP contribution in [-0.2, 0) is 13.5 Å². The van der Waals surface area contributed by atoms with Gasteiger partial charge in [0.2, 0.25) is 0 Å². The van der Waals surface area contributed by atoms with Gasteiger partial charge in [-0.2, -0.15) is 5.10 Å². The Kier molecular flexibility index (Phi) is 2.60. The van der Waals surface area contributed by atoms with Crippen molar-refractivity contribution in [1.29, 1.82) is 0 Å². The molecule has 0 amide bonds. The van der Waals surface area contributed by atoms with E-state index in [1.807, 2.05) is 29.5 Å². The molecule has 4 nitrogen and oxygen atoms in total. The molecular formula is C9H12N4S. The van der Waals surface area contributed by atoms with Crippen LogP contribution in [0.25, 0.3) is 0 Å². The Balaban J connectivity index is 2.10. The van der Waals surface area contributed by atoms with Gasteiger partial charge < -0.3 is 5.73 Å². The first-order valence-corrected chi connectivity index (χ1v) is 5.26. The molecule has 0 aromatic carbocycles. The van der Waals surface area contributed by atoms with Gasteiger partial charge in [0.1, 0.15) is 0 Å². The topological polar surface area (TPSA) is 56.7 Å². The van der Waals surface area contributed by atoms with Crippen molar-refractivity contribution >= 4 is 11.3 Å². The van der Waals surface area contributed by atoms with Gasteiger partial charge in [-0.05, 0) is 6.07 Å². The van der Waals surface area contributed by atoms with Crippen LogP contribution in [0.3, 0.4) is 0 Å². The van der Waals surface area contributed by atoms with Crippen LogP contribution in [0.15, 0.2) is 24.0 Å². The van der Waals surface area contributed by atoms with Crippen LogP contribution in [0.4, 0.5) is 0 Å².